The minimum Gasteiger partial charge on any atom is -0.319 e. The van der Waals surface area contributed by atoms with Crippen LogP contribution in [0, 0.1) is 5.82 Å². The maximum absolute atomic E-state index is 12.3. The molecular formula is C8H8F3N. The van der Waals surface area contributed by atoms with Gasteiger partial charge in [-0.2, -0.15) is 0 Å². The number of benzene rings is 1. The maximum atomic E-state index is 12.3. The molecule has 2 N–H and O–H groups in total. The van der Waals surface area contributed by atoms with Gasteiger partial charge < -0.3 is 5.73 Å². The Morgan fingerprint density at radius 1 is 1.08 bits per heavy atom. The third-order valence-electron chi connectivity index (χ3n) is 1.53. The van der Waals surface area contributed by atoms with E-state index in [-0.39, 0.29) is 5.56 Å². The van der Waals surface area contributed by atoms with Crippen LogP contribution in [0.25, 0.3) is 0 Å². The highest BCUT2D eigenvalue weighted by atomic mass is 19.3. The van der Waals surface area contributed by atoms with Crippen molar-refractivity contribution in [1.82, 2.24) is 0 Å². The van der Waals surface area contributed by atoms with Crippen LogP contribution in [-0.2, 0) is 0 Å². The van der Waals surface area contributed by atoms with Crippen LogP contribution in [0.5, 0.6) is 0 Å². The standard InChI is InChI=1S/C8H8F3N/c9-6-3-1-5(2-4-6)7(12)8(10)11/h1-4,7-8H,12H2/t7-/m0/s1. The molecule has 1 aromatic carbocycles. The summed E-state index contributed by atoms with van der Waals surface area (Å²) >= 11 is 0. The van der Waals surface area contributed by atoms with E-state index in [1.54, 1.807) is 0 Å². The van der Waals surface area contributed by atoms with Gasteiger partial charge in [-0.3, -0.25) is 0 Å². The number of hydrogen-bond donors (Lipinski definition) is 1. The third-order valence-corrected chi connectivity index (χ3v) is 1.53. The van der Waals surface area contributed by atoms with Crippen molar-refractivity contribution in [3.63, 3.8) is 0 Å². The summed E-state index contributed by atoms with van der Waals surface area (Å²) in [6.45, 7) is 0. The Hall–Kier alpha value is -1.03. The SMILES string of the molecule is N[C@@H](c1ccc(F)cc1)C(F)F. The molecule has 0 unspecified atom stereocenters. The van der Waals surface area contributed by atoms with Crippen molar-refractivity contribution in [2.24, 2.45) is 5.73 Å². The van der Waals surface area contributed by atoms with Gasteiger partial charge in [0.2, 0.25) is 0 Å². The van der Waals surface area contributed by atoms with Gasteiger partial charge >= 0.3 is 0 Å². The second kappa shape index (κ2) is 3.58. The molecule has 0 saturated carbocycles. The minimum atomic E-state index is -2.62. The molecule has 0 bridgehead atoms. The lowest BCUT2D eigenvalue weighted by molar-refractivity contribution is 0.116. The lowest BCUT2D eigenvalue weighted by Gasteiger charge is -2.09. The van der Waals surface area contributed by atoms with E-state index in [2.05, 4.69) is 0 Å². The molecule has 0 aliphatic carbocycles. The van der Waals surface area contributed by atoms with Gasteiger partial charge in [0.15, 0.2) is 0 Å². The average molecular weight is 175 g/mol. The van der Waals surface area contributed by atoms with Gasteiger partial charge in [0, 0.05) is 0 Å². The van der Waals surface area contributed by atoms with Gasteiger partial charge in [0.1, 0.15) is 5.82 Å². The van der Waals surface area contributed by atoms with Crippen LogP contribution in [0.15, 0.2) is 24.3 Å². The highest BCUT2D eigenvalue weighted by molar-refractivity contribution is 5.19. The highest BCUT2D eigenvalue weighted by Crippen LogP contribution is 2.17. The molecule has 0 aliphatic heterocycles. The molecule has 0 saturated heterocycles. The average Bonchev–Trinajstić information content (AvgIpc) is 2.04. The van der Waals surface area contributed by atoms with E-state index >= 15 is 0 Å². The van der Waals surface area contributed by atoms with Gasteiger partial charge in [0.25, 0.3) is 6.43 Å². The van der Waals surface area contributed by atoms with Crippen molar-refractivity contribution >= 4 is 0 Å². The maximum Gasteiger partial charge on any atom is 0.257 e. The zero-order chi connectivity index (χ0) is 9.14. The predicted molar refractivity (Wildman–Crippen MR) is 39.3 cm³/mol. The molecule has 0 heterocycles. The zero-order valence-corrected chi connectivity index (χ0v) is 6.18. The van der Waals surface area contributed by atoms with Gasteiger partial charge in [-0.05, 0) is 17.7 Å². The van der Waals surface area contributed by atoms with Crippen molar-refractivity contribution < 1.29 is 13.2 Å². The first-order valence-corrected chi connectivity index (χ1v) is 3.40. The second-order valence-corrected chi connectivity index (χ2v) is 2.41. The van der Waals surface area contributed by atoms with E-state index in [4.69, 9.17) is 5.73 Å². The van der Waals surface area contributed by atoms with Gasteiger partial charge in [-0.15, -0.1) is 0 Å². The predicted octanol–water partition coefficient (Wildman–Crippen LogP) is 2.09. The minimum absolute atomic E-state index is 0.242. The molecule has 0 radical (unpaired) electrons. The molecule has 1 rings (SSSR count). The molecular weight excluding hydrogens is 167 g/mol. The molecule has 1 atom stereocenters. The number of halogens is 3. The highest BCUT2D eigenvalue weighted by Gasteiger charge is 2.16. The van der Waals surface area contributed by atoms with Crippen LogP contribution in [0.2, 0.25) is 0 Å². The van der Waals surface area contributed by atoms with Crippen LogP contribution >= 0.6 is 0 Å². The lowest BCUT2D eigenvalue weighted by atomic mass is 10.1. The first-order valence-electron chi connectivity index (χ1n) is 3.40. The van der Waals surface area contributed by atoms with Crippen molar-refractivity contribution in [3.05, 3.63) is 35.6 Å². The number of nitrogens with two attached hydrogens (primary N) is 1. The molecule has 0 aliphatic rings. The largest absolute Gasteiger partial charge is 0.319 e. The number of alkyl halides is 2. The summed E-state index contributed by atoms with van der Waals surface area (Å²) in [6, 6.07) is 3.40. The Morgan fingerprint density at radius 3 is 2.00 bits per heavy atom. The Labute approximate surface area is 68.0 Å². The van der Waals surface area contributed by atoms with Crippen LogP contribution in [0.3, 0.4) is 0 Å². The Morgan fingerprint density at radius 2 is 1.58 bits per heavy atom. The first-order chi connectivity index (χ1) is 5.61. The van der Waals surface area contributed by atoms with Crippen LogP contribution in [0.1, 0.15) is 11.6 Å². The molecule has 0 aromatic heterocycles. The van der Waals surface area contributed by atoms with E-state index in [0.29, 0.717) is 0 Å². The zero-order valence-electron chi connectivity index (χ0n) is 6.18. The Balaban J connectivity index is 2.82. The lowest BCUT2D eigenvalue weighted by Crippen LogP contribution is -2.18. The van der Waals surface area contributed by atoms with Crippen LogP contribution in [-0.4, -0.2) is 6.43 Å². The van der Waals surface area contributed by atoms with E-state index in [1.165, 1.54) is 12.1 Å². The number of hydrogen-bond acceptors (Lipinski definition) is 1. The number of rotatable bonds is 2. The fourth-order valence-corrected chi connectivity index (χ4v) is 0.830. The van der Waals surface area contributed by atoms with Crippen molar-refractivity contribution in [2.45, 2.75) is 12.5 Å². The second-order valence-electron chi connectivity index (χ2n) is 2.41. The fraction of sp³-hybridized carbons (Fsp3) is 0.250. The van der Waals surface area contributed by atoms with Gasteiger partial charge in [-0.25, -0.2) is 13.2 Å². The first kappa shape index (κ1) is 9.06. The molecule has 1 aromatic rings. The summed E-state index contributed by atoms with van der Waals surface area (Å²) in [5.74, 6) is -0.458. The fourth-order valence-electron chi connectivity index (χ4n) is 0.830. The summed E-state index contributed by atoms with van der Waals surface area (Å²) in [7, 11) is 0. The van der Waals surface area contributed by atoms with E-state index in [9.17, 15) is 13.2 Å². The molecule has 0 amide bonds. The molecule has 0 fully saturated rings. The van der Waals surface area contributed by atoms with Crippen molar-refractivity contribution in [3.8, 4) is 0 Å². The van der Waals surface area contributed by atoms with E-state index in [0.717, 1.165) is 12.1 Å². The van der Waals surface area contributed by atoms with E-state index in [1.807, 2.05) is 0 Å². The van der Waals surface area contributed by atoms with Crippen LogP contribution in [0.4, 0.5) is 13.2 Å². The topological polar surface area (TPSA) is 26.0 Å². The molecule has 0 spiro atoms. The Bertz CT molecular complexity index is 245. The molecule has 1 nitrogen and oxygen atoms in total. The third kappa shape index (κ3) is 1.98. The summed E-state index contributed by atoms with van der Waals surface area (Å²) in [4.78, 5) is 0. The van der Waals surface area contributed by atoms with Gasteiger partial charge in [0.05, 0.1) is 6.04 Å². The summed E-state index contributed by atoms with van der Waals surface area (Å²) in [5, 5.41) is 0. The Kier molecular flexibility index (Phi) is 2.70. The van der Waals surface area contributed by atoms with Gasteiger partial charge in [-0.1, -0.05) is 12.1 Å². The summed E-state index contributed by atoms with van der Waals surface area (Å²) < 4.78 is 36.3. The van der Waals surface area contributed by atoms with Crippen molar-refractivity contribution in [2.75, 3.05) is 0 Å². The molecule has 4 heteroatoms. The monoisotopic (exact) mass is 175 g/mol. The normalized spacial score (nSPS) is 13.4. The molecule has 66 valence electrons. The summed E-state index contributed by atoms with van der Waals surface area (Å²) in [5.41, 5.74) is 5.36. The van der Waals surface area contributed by atoms with Crippen LogP contribution < -0.4 is 5.73 Å². The molecule has 12 heavy (non-hydrogen) atoms. The van der Waals surface area contributed by atoms with E-state index < -0.39 is 18.3 Å². The summed E-state index contributed by atoms with van der Waals surface area (Å²) in [6.07, 6.45) is -2.62. The van der Waals surface area contributed by atoms with Crippen molar-refractivity contribution in [1.29, 1.82) is 0 Å². The smallest absolute Gasteiger partial charge is 0.257 e. The quantitative estimate of drug-likeness (QED) is 0.731.